The van der Waals surface area contributed by atoms with Crippen LogP contribution in [0.25, 0.3) is 10.2 Å². The van der Waals surface area contributed by atoms with Crippen LogP contribution in [0.4, 0.5) is 17.1 Å². The normalized spacial score (nSPS) is 14.9. The second-order valence-corrected chi connectivity index (χ2v) is 7.75. The van der Waals surface area contributed by atoms with Crippen LogP contribution >= 0.6 is 11.3 Å². The summed E-state index contributed by atoms with van der Waals surface area (Å²) in [5, 5.41) is 0.830. The van der Waals surface area contributed by atoms with E-state index in [0.29, 0.717) is 10.6 Å². The molecule has 146 valence electrons. The van der Waals surface area contributed by atoms with Gasteiger partial charge in [-0.25, -0.2) is 4.98 Å². The summed E-state index contributed by atoms with van der Waals surface area (Å²) in [5.41, 5.74) is 14.3. The standard InChI is InChI=1S/C20H23N5O2S/c1-27-14-5-2-4-13(12-14)24-8-3-9-25(11-10-24)15-6-7-23-20-16(15)17(21)18(28-20)19(22)26/h2,4-7,12H,3,8-11,21H2,1H3,(H2,22,26). The molecule has 0 saturated carbocycles. The number of benzene rings is 1. The molecule has 28 heavy (non-hydrogen) atoms. The van der Waals surface area contributed by atoms with Crippen molar-refractivity contribution in [1.29, 1.82) is 0 Å². The van der Waals surface area contributed by atoms with Crippen LogP contribution in [0.1, 0.15) is 16.1 Å². The van der Waals surface area contributed by atoms with E-state index in [1.807, 2.05) is 18.2 Å². The van der Waals surface area contributed by atoms with Crippen molar-refractivity contribution in [2.75, 3.05) is 48.8 Å². The Balaban J connectivity index is 1.62. The molecule has 7 nitrogen and oxygen atoms in total. The number of hydrogen-bond donors (Lipinski definition) is 2. The van der Waals surface area contributed by atoms with E-state index < -0.39 is 5.91 Å². The van der Waals surface area contributed by atoms with E-state index in [0.717, 1.165) is 59.9 Å². The summed E-state index contributed by atoms with van der Waals surface area (Å²) in [6.45, 7) is 3.59. The van der Waals surface area contributed by atoms with Crippen molar-refractivity contribution in [3.63, 3.8) is 0 Å². The molecule has 8 heteroatoms. The molecule has 2 aromatic heterocycles. The number of amides is 1. The molecule has 0 bridgehead atoms. The van der Waals surface area contributed by atoms with Gasteiger partial charge in [0.05, 0.1) is 23.9 Å². The Hall–Kier alpha value is -3.00. The van der Waals surface area contributed by atoms with Crippen LogP contribution in [0.3, 0.4) is 0 Å². The lowest BCUT2D eigenvalue weighted by Gasteiger charge is -2.25. The van der Waals surface area contributed by atoms with E-state index >= 15 is 0 Å². The number of carbonyl (C=O) groups is 1. The Morgan fingerprint density at radius 3 is 2.75 bits per heavy atom. The summed E-state index contributed by atoms with van der Waals surface area (Å²) in [5.74, 6) is 0.353. The first-order chi connectivity index (χ1) is 13.6. The Morgan fingerprint density at radius 2 is 1.96 bits per heavy atom. The molecular formula is C20H23N5O2S. The number of rotatable bonds is 4. The van der Waals surface area contributed by atoms with E-state index in [2.05, 4.69) is 26.9 Å². The van der Waals surface area contributed by atoms with Crippen LogP contribution < -0.4 is 26.0 Å². The van der Waals surface area contributed by atoms with Gasteiger partial charge >= 0.3 is 0 Å². The van der Waals surface area contributed by atoms with Gasteiger partial charge in [-0.05, 0) is 24.6 Å². The van der Waals surface area contributed by atoms with Gasteiger partial charge in [0.15, 0.2) is 0 Å². The number of ether oxygens (including phenoxy) is 1. The van der Waals surface area contributed by atoms with Crippen LogP contribution in [0.5, 0.6) is 5.75 Å². The quantitative estimate of drug-likeness (QED) is 0.702. The number of primary amides is 1. The molecule has 3 heterocycles. The lowest BCUT2D eigenvalue weighted by Crippen LogP contribution is -2.30. The average molecular weight is 398 g/mol. The molecule has 0 aliphatic carbocycles. The van der Waals surface area contributed by atoms with Crippen molar-refractivity contribution in [3.8, 4) is 5.75 Å². The predicted molar refractivity (Wildman–Crippen MR) is 115 cm³/mol. The second-order valence-electron chi connectivity index (χ2n) is 6.75. The average Bonchev–Trinajstić information content (AvgIpc) is 2.90. The predicted octanol–water partition coefficient (Wildman–Crippen LogP) is 2.70. The number of nitrogens with zero attached hydrogens (tertiary/aromatic N) is 3. The number of carbonyl (C=O) groups excluding carboxylic acids is 1. The van der Waals surface area contributed by atoms with Crippen LogP contribution in [-0.2, 0) is 0 Å². The first kappa shape index (κ1) is 18.4. The molecule has 1 aromatic carbocycles. The van der Waals surface area contributed by atoms with Crippen molar-refractivity contribution in [2.24, 2.45) is 5.73 Å². The molecule has 0 atom stereocenters. The topological polar surface area (TPSA) is 97.7 Å². The van der Waals surface area contributed by atoms with Crippen LogP contribution in [0, 0.1) is 0 Å². The van der Waals surface area contributed by atoms with Gasteiger partial charge in [0, 0.05) is 44.1 Å². The third-order valence-corrected chi connectivity index (χ3v) is 6.21. The Labute approximate surface area is 167 Å². The first-order valence-electron chi connectivity index (χ1n) is 9.19. The van der Waals surface area contributed by atoms with Crippen LogP contribution in [0.15, 0.2) is 36.5 Å². The number of anilines is 3. The molecule has 4 rings (SSSR count). The summed E-state index contributed by atoms with van der Waals surface area (Å²) >= 11 is 1.26. The van der Waals surface area contributed by atoms with Crippen molar-refractivity contribution < 1.29 is 9.53 Å². The zero-order valence-corrected chi connectivity index (χ0v) is 16.5. The van der Waals surface area contributed by atoms with Gasteiger partial charge in [-0.1, -0.05) is 6.07 Å². The summed E-state index contributed by atoms with van der Waals surface area (Å²) in [6.07, 6.45) is 2.77. The van der Waals surface area contributed by atoms with Gasteiger partial charge in [0.1, 0.15) is 15.5 Å². The Kier molecular flexibility index (Phi) is 4.95. The minimum Gasteiger partial charge on any atom is -0.497 e. The number of nitrogens with two attached hydrogens (primary N) is 2. The minimum atomic E-state index is -0.508. The lowest BCUT2D eigenvalue weighted by atomic mass is 10.2. The maximum atomic E-state index is 11.7. The van der Waals surface area contributed by atoms with E-state index in [-0.39, 0.29) is 0 Å². The number of thiophene rings is 1. The van der Waals surface area contributed by atoms with Crippen molar-refractivity contribution >= 4 is 44.5 Å². The fraction of sp³-hybridized carbons (Fsp3) is 0.300. The monoisotopic (exact) mass is 397 g/mol. The third kappa shape index (κ3) is 3.31. The van der Waals surface area contributed by atoms with Crippen LogP contribution in [-0.4, -0.2) is 44.2 Å². The van der Waals surface area contributed by atoms with E-state index in [1.165, 1.54) is 11.3 Å². The van der Waals surface area contributed by atoms with Crippen molar-refractivity contribution in [1.82, 2.24) is 4.98 Å². The van der Waals surface area contributed by atoms with E-state index in [9.17, 15) is 4.79 Å². The second kappa shape index (κ2) is 7.55. The number of methoxy groups -OCH3 is 1. The molecule has 1 saturated heterocycles. The van der Waals surface area contributed by atoms with Crippen molar-refractivity contribution in [3.05, 3.63) is 41.4 Å². The molecular weight excluding hydrogens is 374 g/mol. The maximum absolute atomic E-state index is 11.7. The molecule has 4 N–H and O–H groups in total. The number of nitrogen functional groups attached to an aromatic ring is 1. The minimum absolute atomic E-state index is 0.378. The van der Waals surface area contributed by atoms with Gasteiger partial charge in [0.2, 0.25) is 0 Å². The highest BCUT2D eigenvalue weighted by atomic mass is 32.1. The summed E-state index contributed by atoms with van der Waals surface area (Å²) in [4.78, 5) is 21.9. The molecule has 1 fully saturated rings. The van der Waals surface area contributed by atoms with Gasteiger partial charge in [-0.2, -0.15) is 0 Å². The maximum Gasteiger partial charge on any atom is 0.260 e. The molecule has 1 aliphatic rings. The zero-order chi connectivity index (χ0) is 19.7. The number of fused-ring (bicyclic) bond motifs is 1. The van der Waals surface area contributed by atoms with E-state index in [1.54, 1.807) is 13.3 Å². The van der Waals surface area contributed by atoms with Gasteiger partial charge in [-0.3, -0.25) is 4.79 Å². The number of pyridine rings is 1. The molecule has 0 spiro atoms. The molecule has 0 radical (unpaired) electrons. The first-order valence-corrected chi connectivity index (χ1v) is 10.0. The zero-order valence-electron chi connectivity index (χ0n) is 15.7. The fourth-order valence-electron chi connectivity index (χ4n) is 3.70. The summed E-state index contributed by atoms with van der Waals surface area (Å²) < 4.78 is 5.36. The Bertz CT molecular complexity index is 1020. The Morgan fingerprint density at radius 1 is 1.18 bits per heavy atom. The number of hydrogen-bond acceptors (Lipinski definition) is 7. The summed E-state index contributed by atoms with van der Waals surface area (Å²) in [7, 11) is 1.68. The number of aromatic nitrogens is 1. The lowest BCUT2D eigenvalue weighted by molar-refractivity contribution is 0.100. The highest BCUT2D eigenvalue weighted by Crippen LogP contribution is 2.38. The van der Waals surface area contributed by atoms with Gasteiger partial charge < -0.3 is 26.0 Å². The van der Waals surface area contributed by atoms with E-state index in [4.69, 9.17) is 16.2 Å². The summed E-state index contributed by atoms with van der Waals surface area (Å²) in [6, 6.07) is 10.1. The smallest absolute Gasteiger partial charge is 0.260 e. The molecule has 1 aliphatic heterocycles. The van der Waals surface area contributed by atoms with Gasteiger partial charge in [0.25, 0.3) is 5.91 Å². The molecule has 1 amide bonds. The van der Waals surface area contributed by atoms with Crippen molar-refractivity contribution in [2.45, 2.75) is 6.42 Å². The third-order valence-electron chi connectivity index (χ3n) is 5.09. The van der Waals surface area contributed by atoms with Gasteiger partial charge in [-0.15, -0.1) is 11.3 Å². The van der Waals surface area contributed by atoms with Crippen LogP contribution in [0.2, 0.25) is 0 Å². The highest BCUT2D eigenvalue weighted by Gasteiger charge is 2.22. The SMILES string of the molecule is COc1cccc(N2CCCN(c3ccnc4sc(C(N)=O)c(N)c34)CC2)c1. The highest BCUT2D eigenvalue weighted by molar-refractivity contribution is 7.21. The molecule has 3 aromatic rings. The largest absolute Gasteiger partial charge is 0.497 e. The molecule has 0 unspecified atom stereocenters. The fourth-order valence-corrected chi connectivity index (χ4v) is 4.64.